The average molecular weight is 348 g/mol. The van der Waals surface area contributed by atoms with Gasteiger partial charge in [0.15, 0.2) is 0 Å². The number of anilines is 1. The third kappa shape index (κ3) is 3.42. The van der Waals surface area contributed by atoms with Crippen molar-refractivity contribution in [2.75, 3.05) is 11.6 Å². The van der Waals surface area contributed by atoms with Gasteiger partial charge in [-0.2, -0.15) is 15.2 Å². The van der Waals surface area contributed by atoms with E-state index in [1.165, 1.54) is 0 Å². The Kier molecular flexibility index (Phi) is 4.35. The summed E-state index contributed by atoms with van der Waals surface area (Å²) in [5.41, 5.74) is 4.10. The Morgan fingerprint density at radius 2 is 2.19 bits per heavy atom. The molecule has 0 aliphatic carbocycles. The number of benzene rings is 1. The van der Waals surface area contributed by atoms with E-state index in [1.54, 1.807) is 4.68 Å². The first-order valence-electron chi connectivity index (χ1n) is 8.63. The molecule has 0 N–H and O–H groups in total. The Morgan fingerprint density at radius 3 is 2.96 bits per heavy atom. The summed E-state index contributed by atoms with van der Waals surface area (Å²) in [5.74, 6) is 1.28. The molecule has 0 unspecified atom stereocenters. The number of rotatable bonds is 5. The number of hydrogen-bond donors (Lipinski definition) is 0. The number of aryl methyl sites for hydroxylation is 2. The molecule has 3 heterocycles. The van der Waals surface area contributed by atoms with Gasteiger partial charge in [-0.1, -0.05) is 36.4 Å². The molecule has 0 radical (unpaired) electrons. The Hall–Kier alpha value is -3.22. The summed E-state index contributed by atoms with van der Waals surface area (Å²) in [6.07, 6.45) is 9.44. The first kappa shape index (κ1) is 16.3. The largest absolute Gasteiger partial charge is 0.339 e. The summed E-state index contributed by atoms with van der Waals surface area (Å²) in [7, 11) is 1.90. The van der Waals surface area contributed by atoms with Crippen LogP contribution in [0.1, 0.15) is 18.4 Å². The standard InChI is InChI=1S/C19H20N6O/c1-3-18-21-19(23-26-18)15-7-4-6-14(10-15)11-16-8-5-9-25(22-16)17-12-20-24(2)13-17/h4-8,10,12-13H,3,9,11H2,1-2H3. The van der Waals surface area contributed by atoms with E-state index in [0.717, 1.165) is 41.9 Å². The molecule has 7 nitrogen and oxygen atoms in total. The molecule has 0 amide bonds. The zero-order valence-electron chi connectivity index (χ0n) is 14.8. The third-order valence-electron chi connectivity index (χ3n) is 4.17. The second-order valence-corrected chi connectivity index (χ2v) is 6.19. The van der Waals surface area contributed by atoms with Crippen LogP contribution in [0.2, 0.25) is 0 Å². The Morgan fingerprint density at radius 1 is 1.27 bits per heavy atom. The van der Waals surface area contributed by atoms with Gasteiger partial charge in [-0.05, 0) is 17.7 Å². The van der Waals surface area contributed by atoms with Gasteiger partial charge in [0, 0.05) is 31.6 Å². The smallest absolute Gasteiger partial charge is 0.226 e. The minimum atomic E-state index is 0.627. The van der Waals surface area contributed by atoms with Crippen LogP contribution < -0.4 is 5.01 Å². The maximum Gasteiger partial charge on any atom is 0.226 e. The highest BCUT2D eigenvalue weighted by atomic mass is 16.5. The number of hydrazone groups is 1. The maximum absolute atomic E-state index is 5.21. The van der Waals surface area contributed by atoms with Gasteiger partial charge in [0.2, 0.25) is 11.7 Å². The number of hydrogen-bond acceptors (Lipinski definition) is 6. The Bertz CT molecular complexity index is 968. The zero-order chi connectivity index (χ0) is 17.9. The molecule has 0 atom stereocenters. The van der Waals surface area contributed by atoms with Crippen LogP contribution in [0.3, 0.4) is 0 Å². The lowest BCUT2D eigenvalue weighted by molar-refractivity contribution is 0.383. The van der Waals surface area contributed by atoms with Crippen LogP contribution in [0, 0.1) is 0 Å². The van der Waals surface area contributed by atoms with Gasteiger partial charge in [-0.3, -0.25) is 9.69 Å². The lowest BCUT2D eigenvalue weighted by Gasteiger charge is -2.20. The van der Waals surface area contributed by atoms with Crippen LogP contribution in [-0.4, -0.2) is 32.2 Å². The van der Waals surface area contributed by atoms with Gasteiger partial charge in [0.05, 0.1) is 24.1 Å². The molecular weight excluding hydrogens is 328 g/mol. The van der Waals surface area contributed by atoms with Gasteiger partial charge in [-0.15, -0.1) is 0 Å². The van der Waals surface area contributed by atoms with Crippen LogP contribution in [0.15, 0.2) is 58.4 Å². The summed E-state index contributed by atoms with van der Waals surface area (Å²) in [4.78, 5) is 4.40. The van der Waals surface area contributed by atoms with Crippen LogP contribution in [0.5, 0.6) is 0 Å². The van der Waals surface area contributed by atoms with E-state index < -0.39 is 0 Å². The third-order valence-corrected chi connectivity index (χ3v) is 4.17. The summed E-state index contributed by atoms with van der Waals surface area (Å²) in [6, 6.07) is 8.18. The molecule has 132 valence electrons. The molecule has 0 saturated carbocycles. The summed E-state index contributed by atoms with van der Waals surface area (Å²) >= 11 is 0. The van der Waals surface area contributed by atoms with Crippen LogP contribution in [-0.2, 0) is 19.9 Å². The summed E-state index contributed by atoms with van der Waals surface area (Å²) < 4.78 is 6.99. The number of aromatic nitrogens is 4. The lowest BCUT2D eigenvalue weighted by Crippen LogP contribution is -2.22. The fourth-order valence-corrected chi connectivity index (χ4v) is 2.86. The lowest BCUT2D eigenvalue weighted by atomic mass is 10.0. The topological polar surface area (TPSA) is 72.3 Å². The van der Waals surface area contributed by atoms with Crippen molar-refractivity contribution >= 4 is 11.4 Å². The van der Waals surface area contributed by atoms with E-state index in [0.29, 0.717) is 11.7 Å². The zero-order valence-corrected chi connectivity index (χ0v) is 14.8. The van der Waals surface area contributed by atoms with Crippen molar-refractivity contribution in [3.8, 4) is 11.4 Å². The van der Waals surface area contributed by atoms with E-state index >= 15 is 0 Å². The predicted octanol–water partition coefficient (Wildman–Crippen LogP) is 3.01. The van der Waals surface area contributed by atoms with Gasteiger partial charge in [0.25, 0.3) is 0 Å². The van der Waals surface area contributed by atoms with E-state index in [4.69, 9.17) is 9.62 Å². The predicted molar refractivity (Wildman–Crippen MR) is 99.9 cm³/mol. The normalized spacial score (nSPS) is 13.9. The molecule has 1 aliphatic heterocycles. The van der Waals surface area contributed by atoms with Gasteiger partial charge < -0.3 is 4.52 Å². The Labute approximate surface area is 151 Å². The number of allylic oxidation sites excluding steroid dienone is 1. The fraction of sp³-hybridized carbons (Fsp3) is 0.263. The molecule has 0 fully saturated rings. The first-order valence-corrected chi connectivity index (χ1v) is 8.63. The molecule has 4 rings (SSSR count). The molecule has 0 bridgehead atoms. The fourth-order valence-electron chi connectivity index (χ4n) is 2.86. The minimum absolute atomic E-state index is 0.627. The van der Waals surface area contributed by atoms with Crippen LogP contribution in [0.25, 0.3) is 11.4 Å². The second kappa shape index (κ2) is 6.95. The van der Waals surface area contributed by atoms with Gasteiger partial charge in [0.1, 0.15) is 0 Å². The van der Waals surface area contributed by atoms with E-state index in [-0.39, 0.29) is 0 Å². The van der Waals surface area contributed by atoms with E-state index in [2.05, 4.69) is 39.5 Å². The van der Waals surface area contributed by atoms with Crippen LogP contribution >= 0.6 is 0 Å². The molecular formula is C19H20N6O. The second-order valence-electron chi connectivity index (χ2n) is 6.19. The monoisotopic (exact) mass is 348 g/mol. The first-order chi connectivity index (χ1) is 12.7. The Balaban J connectivity index is 1.54. The van der Waals surface area contributed by atoms with Crippen molar-refractivity contribution in [2.24, 2.45) is 12.1 Å². The van der Waals surface area contributed by atoms with E-state index in [1.807, 2.05) is 43.5 Å². The molecule has 0 spiro atoms. The SMILES string of the molecule is CCc1nc(-c2cccc(CC3=NN(c4cnn(C)c4)CC=C3)c2)no1. The average Bonchev–Trinajstić information content (AvgIpc) is 3.31. The van der Waals surface area contributed by atoms with Gasteiger partial charge in [-0.25, -0.2) is 0 Å². The molecule has 1 aliphatic rings. The van der Waals surface area contributed by atoms with Crippen molar-refractivity contribution in [3.63, 3.8) is 0 Å². The molecule has 2 aromatic heterocycles. The van der Waals surface area contributed by atoms with Crippen molar-refractivity contribution in [1.82, 2.24) is 19.9 Å². The summed E-state index contributed by atoms with van der Waals surface area (Å²) in [6.45, 7) is 2.74. The van der Waals surface area contributed by atoms with Gasteiger partial charge >= 0.3 is 0 Å². The highest BCUT2D eigenvalue weighted by Gasteiger charge is 2.12. The van der Waals surface area contributed by atoms with Crippen molar-refractivity contribution < 1.29 is 4.52 Å². The molecule has 0 saturated heterocycles. The molecule has 3 aromatic rings. The maximum atomic E-state index is 5.21. The molecule has 26 heavy (non-hydrogen) atoms. The van der Waals surface area contributed by atoms with Crippen molar-refractivity contribution in [2.45, 2.75) is 19.8 Å². The molecule has 1 aromatic carbocycles. The van der Waals surface area contributed by atoms with E-state index in [9.17, 15) is 0 Å². The quantitative estimate of drug-likeness (QED) is 0.709. The summed E-state index contributed by atoms with van der Waals surface area (Å²) in [5, 5.41) is 15.0. The highest BCUT2D eigenvalue weighted by Crippen LogP contribution is 2.20. The van der Waals surface area contributed by atoms with Crippen molar-refractivity contribution in [3.05, 3.63) is 60.3 Å². The van der Waals surface area contributed by atoms with Crippen LogP contribution in [0.4, 0.5) is 5.69 Å². The number of nitrogens with zero attached hydrogens (tertiary/aromatic N) is 6. The van der Waals surface area contributed by atoms with Crippen molar-refractivity contribution in [1.29, 1.82) is 0 Å². The molecule has 7 heteroatoms. The highest BCUT2D eigenvalue weighted by molar-refractivity contribution is 5.98. The minimum Gasteiger partial charge on any atom is -0.339 e.